The number of rotatable bonds is 7. The van der Waals surface area contributed by atoms with E-state index in [0.29, 0.717) is 10.6 Å². The zero-order valence-corrected chi connectivity index (χ0v) is 17.2. The molecule has 10 nitrogen and oxygen atoms in total. The Bertz CT molecular complexity index is 1070. The molecular formula is C20H17ClN2O8. The van der Waals surface area contributed by atoms with E-state index in [1.165, 1.54) is 44.6 Å². The van der Waals surface area contributed by atoms with Crippen LogP contribution in [0.3, 0.4) is 0 Å². The zero-order chi connectivity index (χ0) is 22.5. The number of ether oxygens (including phenoxy) is 3. The fraction of sp³-hybridized carbons (Fsp3) is 0.200. The predicted octanol–water partition coefficient (Wildman–Crippen LogP) is 2.36. The molecular weight excluding hydrogens is 432 g/mol. The fourth-order valence-electron chi connectivity index (χ4n) is 2.66. The lowest BCUT2D eigenvalue weighted by molar-refractivity contribution is -0.142. The number of amides is 3. The first-order valence-electron chi connectivity index (χ1n) is 8.83. The number of methoxy groups -OCH3 is 2. The van der Waals surface area contributed by atoms with Crippen molar-refractivity contribution in [2.75, 3.05) is 20.8 Å². The minimum Gasteiger partial charge on any atom is -0.481 e. The molecule has 0 spiro atoms. The maximum absolute atomic E-state index is 12.7. The molecule has 0 radical (unpaired) electrons. The van der Waals surface area contributed by atoms with E-state index in [1.54, 1.807) is 6.07 Å². The third-order valence-corrected chi connectivity index (χ3v) is 4.40. The number of furan rings is 1. The number of carbonyl (C=O) groups excluding carboxylic acids is 4. The van der Waals surface area contributed by atoms with Gasteiger partial charge in [-0.2, -0.15) is 0 Å². The molecule has 3 rings (SSSR count). The van der Waals surface area contributed by atoms with Crippen LogP contribution in [0.15, 0.2) is 40.4 Å². The highest BCUT2D eigenvalue weighted by atomic mass is 35.5. The van der Waals surface area contributed by atoms with Gasteiger partial charge in [-0.15, -0.1) is 0 Å². The Morgan fingerprint density at radius 2 is 1.94 bits per heavy atom. The van der Waals surface area contributed by atoms with Crippen LogP contribution in [0, 0.1) is 0 Å². The SMILES string of the molecule is COC(=O)COc1ccc(Cl)cc1/C=C1\NC(=O)N(Cc2ccc(C(=O)OC)o2)C1=O. The molecule has 1 aromatic heterocycles. The smallest absolute Gasteiger partial charge is 0.373 e. The molecule has 0 aliphatic carbocycles. The lowest BCUT2D eigenvalue weighted by Crippen LogP contribution is -2.30. The summed E-state index contributed by atoms with van der Waals surface area (Å²) in [5.41, 5.74) is 0.336. The first-order chi connectivity index (χ1) is 14.8. The number of benzene rings is 1. The summed E-state index contributed by atoms with van der Waals surface area (Å²) in [6, 6.07) is 6.75. The van der Waals surface area contributed by atoms with Gasteiger partial charge in [0.2, 0.25) is 5.76 Å². The Morgan fingerprint density at radius 3 is 2.65 bits per heavy atom. The van der Waals surface area contributed by atoms with Crippen LogP contribution in [0.5, 0.6) is 5.75 Å². The van der Waals surface area contributed by atoms with E-state index in [1.807, 2.05) is 0 Å². The van der Waals surface area contributed by atoms with E-state index >= 15 is 0 Å². The number of hydrogen-bond acceptors (Lipinski definition) is 8. The van der Waals surface area contributed by atoms with Crippen molar-refractivity contribution in [3.8, 4) is 5.75 Å². The second-order valence-corrected chi connectivity index (χ2v) is 6.62. The maximum atomic E-state index is 12.7. The average molecular weight is 449 g/mol. The quantitative estimate of drug-likeness (QED) is 0.389. The molecule has 1 aromatic carbocycles. The Kier molecular flexibility index (Phi) is 6.61. The van der Waals surface area contributed by atoms with Crippen molar-refractivity contribution in [2.24, 2.45) is 0 Å². The summed E-state index contributed by atoms with van der Waals surface area (Å²) in [4.78, 5) is 48.7. The highest BCUT2D eigenvalue weighted by molar-refractivity contribution is 6.30. The molecule has 1 aliphatic heterocycles. The van der Waals surface area contributed by atoms with Crippen LogP contribution in [-0.4, -0.2) is 49.6 Å². The maximum Gasteiger partial charge on any atom is 0.373 e. The number of halogens is 1. The van der Waals surface area contributed by atoms with E-state index < -0.39 is 23.9 Å². The largest absolute Gasteiger partial charge is 0.481 e. The van der Waals surface area contributed by atoms with Gasteiger partial charge < -0.3 is 23.9 Å². The van der Waals surface area contributed by atoms with Crippen molar-refractivity contribution >= 4 is 41.6 Å². The Labute approximate surface area is 181 Å². The first kappa shape index (κ1) is 21.9. The van der Waals surface area contributed by atoms with Crippen molar-refractivity contribution in [1.82, 2.24) is 10.2 Å². The van der Waals surface area contributed by atoms with Crippen LogP contribution in [0.2, 0.25) is 5.02 Å². The number of nitrogens with one attached hydrogen (secondary N) is 1. The van der Waals surface area contributed by atoms with Gasteiger partial charge in [0.05, 0.1) is 20.8 Å². The number of hydrogen-bond donors (Lipinski definition) is 1. The molecule has 11 heteroatoms. The minimum absolute atomic E-state index is 0.0325. The Morgan fingerprint density at radius 1 is 1.16 bits per heavy atom. The van der Waals surface area contributed by atoms with Gasteiger partial charge in [0.25, 0.3) is 5.91 Å². The first-order valence-corrected chi connectivity index (χ1v) is 9.21. The third kappa shape index (κ3) is 5.04. The molecule has 1 aliphatic rings. The van der Waals surface area contributed by atoms with Crippen LogP contribution < -0.4 is 10.1 Å². The lowest BCUT2D eigenvalue weighted by Gasteiger charge is -2.10. The molecule has 31 heavy (non-hydrogen) atoms. The van der Waals surface area contributed by atoms with E-state index in [0.717, 1.165) is 4.90 Å². The Hall–Kier alpha value is -3.79. The minimum atomic E-state index is -0.676. The zero-order valence-electron chi connectivity index (χ0n) is 16.5. The number of nitrogens with zero attached hydrogens (tertiary/aromatic N) is 1. The van der Waals surface area contributed by atoms with Gasteiger partial charge in [0.1, 0.15) is 17.2 Å². The molecule has 1 fully saturated rings. The van der Waals surface area contributed by atoms with Gasteiger partial charge in [-0.05, 0) is 36.4 Å². The highest BCUT2D eigenvalue weighted by Crippen LogP contribution is 2.27. The van der Waals surface area contributed by atoms with Gasteiger partial charge in [-0.1, -0.05) is 11.6 Å². The standard InChI is InChI=1S/C20H17ClN2O8/c1-28-17(24)10-30-15-5-3-12(21)7-11(15)8-14-18(25)23(20(27)22-14)9-13-4-6-16(31-13)19(26)29-2/h3-8H,9-10H2,1-2H3,(H,22,27)/b14-8-. The molecule has 1 N–H and O–H groups in total. The summed E-state index contributed by atoms with van der Waals surface area (Å²) in [5.74, 6) is -1.46. The number of urea groups is 1. The monoisotopic (exact) mass is 448 g/mol. The predicted molar refractivity (Wildman–Crippen MR) is 106 cm³/mol. The van der Waals surface area contributed by atoms with E-state index in [2.05, 4.69) is 14.8 Å². The van der Waals surface area contributed by atoms with Crippen LogP contribution in [0.1, 0.15) is 21.9 Å². The molecule has 162 valence electrons. The molecule has 3 amide bonds. The van der Waals surface area contributed by atoms with E-state index in [-0.39, 0.29) is 36.1 Å². The topological polar surface area (TPSA) is 124 Å². The van der Waals surface area contributed by atoms with Crippen molar-refractivity contribution in [3.05, 3.63) is 58.1 Å². The molecule has 0 unspecified atom stereocenters. The van der Waals surface area contributed by atoms with Gasteiger partial charge >= 0.3 is 18.0 Å². The number of carbonyl (C=O) groups is 4. The summed E-state index contributed by atoms with van der Waals surface area (Å²) in [5, 5.41) is 2.82. The van der Waals surface area contributed by atoms with Gasteiger partial charge in [-0.3, -0.25) is 9.69 Å². The molecule has 2 heterocycles. The summed E-state index contributed by atoms with van der Waals surface area (Å²) in [6.07, 6.45) is 1.38. The third-order valence-electron chi connectivity index (χ3n) is 4.17. The molecule has 0 atom stereocenters. The number of imide groups is 1. The van der Waals surface area contributed by atoms with Crippen molar-refractivity contribution in [3.63, 3.8) is 0 Å². The number of esters is 2. The lowest BCUT2D eigenvalue weighted by atomic mass is 10.1. The van der Waals surface area contributed by atoms with E-state index in [4.69, 9.17) is 20.8 Å². The molecule has 1 saturated heterocycles. The Balaban J connectivity index is 1.80. The second kappa shape index (κ2) is 9.35. The summed E-state index contributed by atoms with van der Waals surface area (Å²) in [6.45, 7) is -0.540. The van der Waals surface area contributed by atoms with Gasteiger partial charge in [-0.25, -0.2) is 14.4 Å². The normalized spacial score (nSPS) is 14.5. The van der Waals surface area contributed by atoms with Crippen LogP contribution >= 0.6 is 11.6 Å². The summed E-state index contributed by atoms with van der Waals surface area (Å²) in [7, 11) is 2.43. The summed E-state index contributed by atoms with van der Waals surface area (Å²) >= 11 is 6.02. The summed E-state index contributed by atoms with van der Waals surface area (Å²) < 4.78 is 19.8. The average Bonchev–Trinajstić information content (AvgIpc) is 3.33. The highest BCUT2D eigenvalue weighted by Gasteiger charge is 2.34. The second-order valence-electron chi connectivity index (χ2n) is 6.18. The molecule has 0 bridgehead atoms. The fourth-order valence-corrected chi connectivity index (χ4v) is 2.84. The van der Waals surface area contributed by atoms with Crippen molar-refractivity contribution in [2.45, 2.75) is 6.54 Å². The van der Waals surface area contributed by atoms with Crippen LogP contribution in [-0.2, 0) is 25.6 Å². The van der Waals surface area contributed by atoms with Gasteiger partial charge in [0, 0.05) is 10.6 Å². The van der Waals surface area contributed by atoms with Crippen molar-refractivity contribution in [1.29, 1.82) is 0 Å². The molecule has 2 aromatic rings. The molecule has 0 saturated carbocycles. The van der Waals surface area contributed by atoms with E-state index in [9.17, 15) is 19.2 Å². The van der Waals surface area contributed by atoms with Crippen LogP contribution in [0.4, 0.5) is 4.79 Å². The van der Waals surface area contributed by atoms with Crippen molar-refractivity contribution < 1.29 is 37.8 Å². The van der Waals surface area contributed by atoms with Crippen LogP contribution in [0.25, 0.3) is 6.08 Å². The van der Waals surface area contributed by atoms with Gasteiger partial charge in [0.15, 0.2) is 6.61 Å².